The third-order valence-electron chi connectivity index (χ3n) is 7.46. The highest BCUT2D eigenvalue weighted by atomic mass is 16.5. The minimum atomic E-state index is -0.978. The fourth-order valence-corrected chi connectivity index (χ4v) is 6.01. The first kappa shape index (κ1) is 19.2. The predicted octanol–water partition coefficient (Wildman–Crippen LogP) is 4.95. The molecule has 0 saturated heterocycles. The molecule has 2 saturated carbocycles. The molecule has 5 rings (SSSR count). The van der Waals surface area contributed by atoms with Gasteiger partial charge in [-0.15, -0.1) is 0 Å². The largest absolute Gasteiger partial charge is 0.480 e. The smallest absolute Gasteiger partial charge is 0.407 e. The lowest BCUT2D eigenvalue weighted by Crippen LogP contribution is -2.44. The Balaban J connectivity index is 1.25. The van der Waals surface area contributed by atoms with Crippen molar-refractivity contribution in [3.8, 4) is 11.1 Å². The van der Waals surface area contributed by atoms with Crippen LogP contribution in [0, 0.1) is 11.3 Å². The molecule has 0 aromatic heterocycles. The number of benzene rings is 2. The normalized spacial score (nSPS) is 24.9. The number of amides is 1. The van der Waals surface area contributed by atoms with E-state index in [0.29, 0.717) is 6.42 Å². The van der Waals surface area contributed by atoms with E-state index in [9.17, 15) is 14.7 Å². The highest BCUT2D eigenvalue weighted by Gasteiger charge is 2.47. The Kier molecular flexibility index (Phi) is 4.76. The maximum Gasteiger partial charge on any atom is 0.407 e. The van der Waals surface area contributed by atoms with Crippen molar-refractivity contribution in [1.29, 1.82) is 0 Å². The second-order valence-corrected chi connectivity index (χ2v) is 9.21. The second-order valence-electron chi connectivity index (χ2n) is 9.21. The summed E-state index contributed by atoms with van der Waals surface area (Å²) in [5.41, 5.74) is 4.71. The van der Waals surface area contributed by atoms with Gasteiger partial charge in [-0.05, 0) is 72.1 Å². The van der Waals surface area contributed by atoms with Crippen molar-refractivity contribution in [3.63, 3.8) is 0 Å². The molecule has 1 amide bonds. The molecule has 5 heteroatoms. The van der Waals surface area contributed by atoms with E-state index in [1.807, 2.05) is 24.3 Å². The van der Waals surface area contributed by atoms with E-state index in [1.165, 1.54) is 24.0 Å². The molecule has 2 fully saturated rings. The first-order chi connectivity index (χ1) is 14.5. The number of carboxylic acids is 1. The van der Waals surface area contributed by atoms with Gasteiger partial charge in [0.2, 0.25) is 0 Å². The molecule has 0 spiro atoms. The zero-order valence-corrected chi connectivity index (χ0v) is 17.0. The highest BCUT2D eigenvalue weighted by molar-refractivity contribution is 5.81. The molecule has 2 aromatic carbocycles. The second kappa shape index (κ2) is 7.46. The van der Waals surface area contributed by atoms with Gasteiger partial charge in [0.05, 0.1) is 0 Å². The minimum absolute atomic E-state index is 0.0320. The molecule has 2 bridgehead atoms. The number of ether oxygens (including phenoxy) is 1. The summed E-state index contributed by atoms with van der Waals surface area (Å²) in [7, 11) is 0. The zero-order chi connectivity index (χ0) is 20.7. The van der Waals surface area contributed by atoms with Crippen molar-refractivity contribution in [2.45, 2.75) is 50.5 Å². The number of aliphatic carboxylic acids is 1. The number of carboxylic acid groups (broad SMARTS) is 1. The lowest BCUT2D eigenvalue weighted by molar-refractivity contribution is -0.140. The Morgan fingerprint density at radius 1 is 1.03 bits per heavy atom. The van der Waals surface area contributed by atoms with Gasteiger partial charge in [0.1, 0.15) is 12.6 Å². The molecule has 3 aliphatic carbocycles. The van der Waals surface area contributed by atoms with Crippen LogP contribution in [0.1, 0.15) is 55.6 Å². The van der Waals surface area contributed by atoms with Crippen molar-refractivity contribution in [1.82, 2.24) is 5.32 Å². The number of hydrogen-bond acceptors (Lipinski definition) is 3. The van der Waals surface area contributed by atoms with Crippen LogP contribution in [0.2, 0.25) is 0 Å². The first-order valence-electron chi connectivity index (χ1n) is 10.9. The Labute approximate surface area is 176 Å². The number of nitrogens with one attached hydrogen (secondary N) is 1. The summed E-state index contributed by atoms with van der Waals surface area (Å²) in [6, 6.07) is 15.4. The molecule has 0 radical (unpaired) electrons. The number of carbonyl (C=O) groups is 2. The van der Waals surface area contributed by atoms with Gasteiger partial charge in [-0.25, -0.2) is 9.59 Å². The number of hydrogen-bond donors (Lipinski definition) is 2. The fraction of sp³-hybridized carbons (Fsp3) is 0.440. The summed E-state index contributed by atoms with van der Waals surface area (Å²) in [6.07, 6.45) is 5.50. The molecule has 2 N–H and O–H groups in total. The standard InChI is InChI=1S/C25H27NO4/c27-23(28)22(14-25-11-9-16(13-25)10-12-25)26-24(29)30-15-21-19-7-3-1-5-17(19)18-6-2-4-8-20(18)21/h1-8,16,21-22H,9-15H2,(H,26,29)(H,27,28)/t16?,22-,25?/m1/s1. The summed E-state index contributed by atoms with van der Waals surface area (Å²) in [5, 5.41) is 12.3. The molecule has 3 aliphatic rings. The number of alkyl carbamates (subject to hydrolysis) is 1. The molecule has 0 unspecified atom stereocenters. The maximum absolute atomic E-state index is 12.5. The average Bonchev–Trinajstić information content (AvgIpc) is 3.43. The highest BCUT2D eigenvalue weighted by Crippen LogP contribution is 2.56. The van der Waals surface area contributed by atoms with E-state index in [0.717, 1.165) is 36.3 Å². The van der Waals surface area contributed by atoms with Gasteiger partial charge in [0, 0.05) is 5.92 Å². The van der Waals surface area contributed by atoms with E-state index in [4.69, 9.17) is 4.74 Å². The number of fused-ring (bicyclic) bond motifs is 5. The SMILES string of the molecule is O=C(N[C@H](CC12CCC(CC1)C2)C(=O)O)OCC1c2ccccc2-c2ccccc21. The van der Waals surface area contributed by atoms with Gasteiger partial charge in [-0.1, -0.05) is 48.5 Å². The molecule has 2 aromatic rings. The van der Waals surface area contributed by atoms with Crippen molar-refractivity contribution < 1.29 is 19.4 Å². The zero-order valence-electron chi connectivity index (χ0n) is 17.0. The van der Waals surface area contributed by atoms with E-state index >= 15 is 0 Å². The van der Waals surface area contributed by atoms with Gasteiger partial charge in [0.25, 0.3) is 0 Å². The Bertz CT molecular complexity index is 931. The molecule has 5 nitrogen and oxygen atoms in total. The van der Waals surface area contributed by atoms with Gasteiger partial charge in [0.15, 0.2) is 0 Å². The van der Waals surface area contributed by atoms with Gasteiger partial charge < -0.3 is 15.2 Å². The van der Waals surface area contributed by atoms with Crippen LogP contribution in [-0.4, -0.2) is 29.8 Å². The van der Waals surface area contributed by atoms with Crippen LogP contribution in [0.3, 0.4) is 0 Å². The Hall–Kier alpha value is -2.82. The molecule has 156 valence electrons. The summed E-state index contributed by atoms with van der Waals surface area (Å²) < 4.78 is 5.55. The van der Waals surface area contributed by atoms with E-state index in [2.05, 4.69) is 29.6 Å². The van der Waals surface area contributed by atoms with Crippen molar-refractivity contribution >= 4 is 12.1 Å². The lowest BCUT2D eigenvalue weighted by atomic mass is 9.78. The van der Waals surface area contributed by atoms with Gasteiger partial charge in [-0.3, -0.25) is 0 Å². The van der Waals surface area contributed by atoms with E-state index in [1.54, 1.807) is 0 Å². The summed E-state index contributed by atoms with van der Waals surface area (Å²) in [6.45, 7) is 0.194. The predicted molar refractivity (Wildman–Crippen MR) is 113 cm³/mol. The third-order valence-corrected chi connectivity index (χ3v) is 7.46. The van der Waals surface area contributed by atoms with E-state index < -0.39 is 18.1 Å². The number of rotatable bonds is 6. The maximum atomic E-state index is 12.5. The van der Waals surface area contributed by atoms with Crippen LogP contribution in [0.5, 0.6) is 0 Å². The summed E-state index contributed by atoms with van der Waals surface area (Å²) in [5.74, 6) is -0.266. The summed E-state index contributed by atoms with van der Waals surface area (Å²) in [4.78, 5) is 24.3. The van der Waals surface area contributed by atoms with Crippen molar-refractivity contribution in [2.24, 2.45) is 11.3 Å². The van der Waals surface area contributed by atoms with Gasteiger partial charge in [-0.2, -0.15) is 0 Å². The van der Waals surface area contributed by atoms with Crippen molar-refractivity contribution in [2.75, 3.05) is 6.61 Å². The molecule has 1 atom stereocenters. The topological polar surface area (TPSA) is 75.6 Å². The monoisotopic (exact) mass is 405 g/mol. The molecule has 0 aliphatic heterocycles. The molecule has 0 heterocycles. The Morgan fingerprint density at radius 3 is 2.17 bits per heavy atom. The quantitative estimate of drug-likeness (QED) is 0.713. The van der Waals surface area contributed by atoms with Crippen LogP contribution in [0.15, 0.2) is 48.5 Å². The van der Waals surface area contributed by atoms with Crippen LogP contribution in [0.25, 0.3) is 11.1 Å². The Morgan fingerprint density at radius 2 is 1.63 bits per heavy atom. The van der Waals surface area contributed by atoms with Crippen LogP contribution < -0.4 is 5.32 Å². The summed E-state index contributed by atoms with van der Waals surface area (Å²) >= 11 is 0. The average molecular weight is 405 g/mol. The third kappa shape index (κ3) is 3.36. The first-order valence-corrected chi connectivity index (χ1v) is 10.9. The van der Waals surface area contributed by atoms with Crippen LogP contribution in [0.4, 0.5) is 4.79 Å². The minimum Gasteiger partial charge on any atom is -0.480 e. The molecular formula is C25H27NO4. The van der Waals surface area contributed by atoms with Crippen LogP contribution in [-0.2, 0) is 9.53 Å². The van der Waals surface area contributed by atoms with Crippen molar-refractivity contribution in [3.05, 3.63) is 59.7 Å². The van der Waals surface area contributed by atoms with Crippen LogP contribution >= 0.6 is 0 Å². The molecule has 30 heavy (non-hydrogen) atoms. The fourth-order valence-electron chi connectivity index (χ4n) is 6.01. The lowest BCUT2D eigenvalue weighted by Gasteiger charge is -2.29. The number of carbonyl (C=O) groups excluding carboxylic acids is 1. The molecular weight excluding hydrogens is 378 g/mol. The van der Waals surface area contributed by atoms with Gasteiger partial charge >= 0.3 is 12.1 Å². The van der Waals surface area contributed by atoms with E-state index in [-0.39, 0.29) is 17.9 Å².